The van der Waals surface area contributed by atoms with Gasteiger partial charge in [-0.1, -0.05) is 18.2 Å². The number of amides is 2. The Hall–Kier alpha value is -2.86. The van der Waals surface area contributed by atoms with Crippen molar-refractivity contribution >= 4 is 22.6 Å². The topological polar surface area (TPSA) is 66.3 Å². The molecule has 3 aromatic rings. The van der Waals surface area contributed by atoms with E-state index in [4.69, 9.17) is 0 Å². The van der Waals surface area contributed by atoms with Crippen molar-refractivity contribution < 1.29 is 14.3 Å². The van der Waals surface area contributed by atoms with Crippen LogP contribution >= 0.6 is 0 Å². The molecule has 0 spiro atoms. The Labute approximate surface area is 145 Å². The summed E-state index contributed by atoms with van der Waals surface area (Å²) in [4.78, 5) is 12.0. The first-order chi connectivity index (χ1) is 12.1. The molecule has 0 radical (unpaired) electrons. The summed E-state index contributed by atoms with van der Waals surface area (Å²) in [7, 11) is 0. The molecular weight excluding hydrogens is 321 g/mol. The molecule has 0 saturated carbocycles. The van der Waals surface area contributed by atoms with Gasteiger partial charge in [-0.15, -0.1) is 0 Å². The number of benzene rings is 2. The van der Waals surface area contributed by atoms with E-state index in [9.17, 15) is 14.3 Å². The number of nitrogens with zero attached hydrogens (tertiary/aromatic N) is 1. The Morgan fingerprint density at radius 3 is 2.68 bits per heavy atom. The van der Waals surface area contributed by atoms with Crippen LogP contribution in [0.1, 0.15) is 18.6 Å². The van der Waals surface area contributed by atoms with Gasteiger partial charge in [0.25, 0.3) is 0 Å². The number of fused-ring (bicyclic) bond motifs is 1. The van der Waals surface area contributed by atoms with Gasteiger partial charge >= 0.3 is 6.03 Å². The lowest BCUT2D eigenvalue weighted by Gasteiger charge is -2.13. The Morgan fingerprint density at radius 1 is 1.20 bits per heavy atom. The van der Waals surface area contributed by atoms with Gasteiger partial charge in [0.15, 0.2) is 0 Å². The molecule has 1 unspecified atom stereocenters. The number of rotatable bonds is 5. The van der Waals surface area contributed by atoms with Crippen LogP contribution in [0.4, 0.5) is 14.9 Å². The van der Waals surface area contributed by atoms with Crippen LogP contribution in [-0.4, -0.2) is 22.2 Å². The number of hydrogen-bond acceptors (Lipinski definition) is 2. The van der Waals surface area contributed by atoms with E-state index >= 15 is 0 Å². The maximum absolute atomic E-state index is 12.9. The summed E-state index contributed by atoms with van der Waals surface area (Å²) in [6.07, 6.45) is 1.11. The number of urea groups is 1. The maximum Gasteiger partial charge on any atom is 0.319 e. The monoisotopic (exact) mass is 341 g/mol. The van der Waals surface area contributed by atoms with Crippen LogP contribution in [0.3, 0.4) is 0 Å². The average Bonchev–Trinajstić information content (AvgIpc) is 3.02. The van der Waals surface area contributed by atoms with Crippen molar-refractivity contribution in [3.05, 3.63) is 66.1 Å². The van der Waals surface area contributed by atoms with Crippen LogP contribution in [0.15, 0.2) is 54.7 Å². The summed E-state index contributed by atoms with van der Waals surface area (Å²) < 4.78 is 15.0. The normalized spacial score (nSPS) is 12.1. The van der Waals surface area contributed by atoms with Crippen molar-refractivity contribution in [2.45, 2.75) is 19.6 Å². The highest BCUT2D eigenvalue weighted by Crippen LogP contribution is 2.20. The lowest BCUT2D eigenvalue weighted by molar-refractivity contribution is 0.175. The van der Waals surface area contributed by atoms with Crippen molar-refractivity contribution in [1.82, 2.24) is 9.88 Å². The number of halogens is 1. The quantitative estimate of drug-likeness (QED) is 0.663. The highest BCUT2D eigenvalue weighted by Gasteiger charge is 2.10. The zero-order valence-corrected chi connectivity index (χ0v) is 13.9. The van der Waals surface area contributed by atoms with Gasteiger partial charge in [0.2, 0.25) is 0 Å². The van der Waals surface area contributed by atoms with E-state index in [0.29, 0.717) is 11.3 Å². The molecule has 1 aromatic heterocycles. The number of aliphatic hydroxyl groups excluding tert-OH is 1. The molecule has 25 heavy (non-hydrogen) atoms. The number of aliphatic hydroxyl groups is 1. The number of anilines is 1. The largest absolute Gasteiger partial charge is 0.387 e. The van der Waals surface area contributed by atoms with Crippen LogP contribution in [0.25, 0.3) is 10.9 Å². The molecule has 0 aliphatic heterocycles. The van der Waals surface area contributed by atoms with Crippen molar-refractivity contribution in [1.29, 1.82) is 0 Å². The lowest BCUT2D eigenvalue weighted by Crippen LogP contribution is -2.32. The SMILES string of the molecule is CCn1ccc2ccc(NC(=O)NCC(O)c3ccc(F)cc3)cc21. The summed E-state index contributed by atoms with van der Waals surface area (Å²) in [5, 5.41) is 16.5. The first-order valence-electron chi connectivity index (χ1n) is 8.14. The molecule has 0 aliphatic carbocycles. The van der Waals surface area contributed by atoms with Crippen molar-refractivity contribution in [2.75, 3.05) is 11.9 Å². The average molecular weight is 341 g/mol. The molecular formula is C19H20FN3O2. The highest BCUT2D eigenvalue weighted by molar-refractivity contribution is 5.92. The minimum Gasteiger partial charge on any atom is -0.387 e. The fraction of sp³-hybridized carbons (Fsp3) is 0.211. The van der Waals surface area contributed by atoms with Crippen LogP contribution in [0.2, 0.25) is 0 Å². The van der Waals surface area contributed by atoms with Crippen molar-refractivity contribution in [3.8, 4) is 0 Å². The van der Waals surface area contributed by atoms with Crippen LogP contribution < -0.4 is 10.6 Å². The van der Waals surface area contributed by atoms with E-state index < -0.39 is 12.1 Å². The van der Waals surface area contributed by atoms with Crippen molar-refractivity contribution in [3.63, 3.8) is 0 Å². The van der Waals surface area contributed by atoms with Crippen LogP contribution in [0.5, 0.6) is 0 Å². The van der Waals surface area contributed by atoms with E-state index in [0.717, 1.165) is 17.4 Å². The lowest BCUT2D eigenvalue weighted by atomic mass is 10.1. The summed E-state index contributed by atoms with van der Waals surface area (Å²) in [6.45, 7) is 2.94. The second-order valence-electron chi connectivity index (χ2n) is 5.78. The Morgan fingerprint density at radius 2 is 1.96 bits per heavy atom. The molecule has 5 nitrogen and oxygen atoms in total. The molecule has 0 fully saturated rings. The number of aromatic nitrogens is 1. The fourth-order valence-corrected chi connectivity index (χ4v) is 2.70. The molecule has 1 heterocycles. The molecule has 3 rings (SSSR count). The summed E-state index contributed by atoms with van der Waals surface area (Å²) >= 11 is 0. The first kappa shape index (κ1) is 17.0. The first-order valence-corrected chi connectivity index (χ1v) is 8.14. The summed E-state index contributed by atoms with van der Waals surface area (Å²) in [6, 6.07) is 12.8. The van der Waals surface area contributed by atoms with E-state index in [2.05, 4.69) is 22.1 Å². The Balaban J connectivity index is 1.59. The zero-order valence-electron chi connectivity index (χ0n) is 13.9. The molecule has 1 atom stereocenters. The molecule has 2 amide bonds. The van der Waals surface area contributed by atoms with E-state index in [-0.39, 0.29) is 12.4 Å². The Kier molecular flexibility index (Phi) is 5.00. The number of nitrogens with one attached hydrogen (secondary N) is 2. The van der Waals surface area contributed by atoms with Gasteiger partial charge in [-0.2, -0.15) is 0 Å². The smallest absolute Gasteiger partial charge is 0.319 e. The third kappa shape index (κ3) is 3.97. The van der Waals surface area contributed by atoms with Gasteiger partial charge in [-0.25, -0.2) is 9.18 Å². The number of aryl methyl sites for hydroxylation is 1. The number of hydrogen-bond donors (Lipinski definition) is 3. The van der Waals surface area contributed by atoms with E-state index in [1.807, 2.05) is 30.5 Å². The maximum atomic E-state index is 12.9. The molecule has 130 valence electrons. The van der Waals surface area contributed by atoms with Crippen molar-refractivity contribution in [2.24, 2.45) is 0 Å². The van der Waals surface area contributed by atoms with E-state index in [1.54, 1.807) is 0 Å². The Bertz CT molecular complexity index is 874. The standard InChI is InChI=1S/C19H20FN3O2/c1-2-23-10-9-13-5-8-16(11-17(13)23)22-19(25)21-12-18(24)14-3-6-15(20)7-4-14/h3-11,18,24H,2,12H2,1H3,(H2,21,22,25). The van der Waals surface area contributed by atoms with Gasteiger partial charge in [0, 0.05) is 25.0 Å². The molecule has 0 bridgehead atoms. The predicted octanol–water partition coefficient (Wildman–Crippen LogP) is 3.66. The van der Waals surface area contributed by atoms with Crippen LogP contribution in [0, 0.1) is 5.82 Å². The third-order valence-electron chi connectivity index (χ3n) is 4.08. The molecule has 0 saturated heterocycles. The second-order valence-corrected chi connectivity index (χ2v) is 5.78. The minimum atomic E-state index is -0.897. The van der Waals surface area contributed by atoms with E-state index in [1.165, 1.54) is 24.3 Å². The molecule has 0 aliphatic rings. The number of carbonyl (C=O) groups excluding carboxylic acids is 1. The minimum absolute atomic E-state index is 0.0328. The zero-order chi connectivity index (χ0) is 17.8. The van der Waals surface area contributed by atoms with Gasteiger partial charge in [-0.05, 0) is 48.2 Å². The van der Waals surface area contributed by atoms with Gasteiger partial charge in [-0.3, -0.25) is 0 Å². The third-order valence-corrected chi connectivity index (χ3v) is 4.08. The highest BCUT2D eigenvalue weighted by atomic mass is 19.1. The van der Waals surface area contributed by atoms with Crippen LogP contribution in [-0.2, 0) is 6.54 Å². The number of carbonyl (C=O) groups is 1. The predicted molar refractivity (Wildman–Crippen MR) is 96.0 cm³/mol. The second kappa shape index (κ2) is 7.36. The fourth-order valence-electron chi connectivity index (χ4n) is 2.70. The van der Waals surface area contributed by atoms with Gasteiger partial charge in [0.05, 0.1) is 11.6 Å². The van der Waals surface area contributed by atoms with Gasteiger partial charge in [0.1, 0.15) is 5.82 Å². The summed E-state index contributed by atoms with van der Waals surface area (Å²) in [5.41, 5.74) is 2.27. The summed E-state index contributed by atoms with van der Waals surface area (Å²) in [5.74, 6) is -0.367. The molecule has 6 heteroatoms. The molecule has 3 N–H and O–H groups in total. The van der Waals surface area contributed by atoms with Gasteiger partial charge < -0.3 is 20.3 Å². The molecule has 2 aromatic carbocycles.